The van der Waals surface area contributed by atoms with E-state index in [4.69, 9.17) is 5.11 Å². The van der Waals surface area contributed by atoms with Gasteiger partial charge in [-0.3, -0.25) is 9.48 Å². The lowest BCUT2D eigenvalue weighted by molar-refractivity contribution is -0.116. The van der Waals surface area contributed by atoms with Crippen LogP contribution in [0.5, 0.6) is 0 Å². The fourth-order valence-corrected chi connectivity index (χ4v) is 1.71. The molecule has 0 unspecified atom stereocenters. The first kappa shape index (κ1) is 14.2. The van der Waals surface area contributed by atoms with Crippen molar-refractivity contribution in [2.45, 2.75) is 13.0 Å². The van der Waals surface area contributed by atoms with Gasteiger partial charge in [0.15, 0.2) is 5.69 Å². The lowest BCUT2D eigenvalue weighted by Gasteiger charge is -2.04. The molecule has 0 aliphatic rings. The van der Waals surface area contributed by atoms with Crippen molar-refractivity contribution >= 4 is 33.6 Å². The van der Waals surface area contributed by atoms with Crippen LogP contribution >= 0.6 is 15.9 Å². The van der Waals surface area contributed by atoms with Crippen molar-refractivity contribution in [2.75, 3.05) is 5.32 Å². The SMILES string of the molecule is O=C(CCn1ccc(C(=O)O)n1)Nc1ccc(Br)cn1. The molecule has 0 bridgehead atoms. The van der Waals surface area contributed by atoms with Crippen LogP contribution in [0, 0.1) is 0 Å². The number of pyridine rings is 1. The van der Waals surface area contributed by atoms with E-state index in [0.717, 1.165) is 4.47 Å². The minimum Gasteiger partial charge on any atom is -0.476 e. The number of aryl methyl sites for hydroxylation is 1. The van der Waals surface area contributed by atoms with E-state index in [2.05, 4.69) is 31.3 Å². The fourth-order valence-electron chi connectivity index (χ4n) is 1.47. The van der Waals surface area contributed by atoms with Crippen LogP contribution in [0.1, 0.15) is 16.9 Å². The molecule has 2 heterocycles. The number of aromatic nitrogens is 3. The summed E-state index contributed by atoms with van der Waals surface area (Å²) in [6, 6.07) is 4.84. The maximum atomic E-state index is 11.7. The number of rotatable bonds is 5. The maximum Gasteiger partial charge on any atom is 0.356 e. The van der Waals surface area contributed by atoms with E-state index in [0.29, 0.717) is 12.4 Å². The molecule has 0 saturated heterocycles. The molecule has 0 aromatic carbocycles. The van der Waals surface area contributed by atoms with Gasteiger partial charge in [0.05, 0.1) is 0 Å². The van der Waals surface area contributed by atoms with Crippen LogP contribution in [0.4, 0.5) is 5.82 Å². The van der Waals surface area contributed by atoms with Crippen molar-refractivity contribution in [1.29, 1.82) is 0 Å². The summed E-state index contributed by atoms with van der Waals surface area (Å²) < 4.78 is 2.24. The van der Waals surface area contributed by atoms with E-state index < -0.39 is 5.97 Å². The smallest absolute Gasteiger partial charge is 0.356 e. The molecule has 20 heavy (non-hydrogen) atoms. The summed E-state index contributed by atoms with van der Waals surface area (Å²) >= 11 is 3.25. The number of carbonyl (C=O) groups is 2. The molecule has 0 radical (unpaired) electrons. The molecule has 2 aromatic rings. The van der Waals surface area contributed by atoms with Crippen LogP contribution in [0.2, 0.25) is 0 Å². The predicted molar refractivity (Wildman–Crippen MR) is 74.4 cm³/mol. The highest BCUT2D eigenvalue weighted by molar-refractivity contribution is 9.10. The highest BCUT2D eigenvalue weighted by Gasteiger charge is 2.08. The molecule has 8 heteroatoms. The Bertz CT molecular complexity index is 624. The normalized spacial score (nSPS) is 10.2. The van der Waals surface area contributed by atoms with Crippen molar-refractivity contribution < 1.29 is 14.7 Å². The van der Waals surface area contributed by atoms with Crippen molar-refractivity contribution in [3.63, 3.8) is 0 Å². The summed E-state index contributed by atoms with van der Waals surface area (Å²) in [5, 5.41) is 15.2. The zero-order valence-corrected chi connectivity index (χ0v) is 11.9. The summed E-state index contributed by atoms with van der Waals surface area (Å²) in [7, 11) is 0. The summed E-state index contributed by atoms with van der Waals surface area (Å²) in [4.78, 5) is 26.4. The summed E-state index contributed by atoms with van der Waals surface area (Å²) in [5.41, 5.74) is -0.0417. The topological polar surface area (TPSA) is 97.1 Å². The lowest BCUT2D eigenvalue weighted by atomic mass is 10.4. The number of amides is 1. The lowest BCUT2D eigenvalue weighted by Crippen LogP contribution is -2.15. The molecule has 0 aliphatic heterocycles. The molecular weight excluding hydrogens is 328 g/mol. The Labute approximate surface area is 122 Å². The van der Waals surface area contributed by atoms with Crippen molar-refractivity contribution in [3.05, 3.63) is 40.8 Å². The van der Waals surface area contributed by atoms with Gasteiger partial charge >= 0.3 is 5.97 Å². The number of hydrogen-bond donors (Lipinski definition) is 2. The number of halogens is 1. The predicted octanol–water partition coefficient (Wildman–Crippen LogP) is 1.77. The Balaban J connectivity index is 1.85. The van der Waals surface area contributed by atoms with Crippen molar-refractivity contribution in [1.82, 2.24) is 14.8 Å². The highest BCUT2D eigenvalue weighted by atomic mass is 79.9. The molecule has 0 spiro atoms. The molecule has 0 atom stereocenters. The van der Waals surface area contributed by atoms with Gasteiger partial charge in [0.25, 0.3) is 0 Å². The van der Waals surface area contributed by atoms with Gasteiger partial charge in [-0.1, -0.05) is 0 Å². The first-order valence-electron chi connectivity index (χ1n) is 5.73. The Kier molecular flexibility index (Phi) is 4.46. The van der Waals surface area contributed by atoms with Crippen LogP contribution in [-0.4, -0.2) is 31.7 Å². The number of aromatic carboxylic acids is 1. The van der Waals surface area contributed by atoms with Crippen LogP contribution in [0.3, 0.4) is 0 Å². The third-order valence-corrected chi connectivity index (χ3v) is 2.89. The Morgan fingerprint density at radius 1 is 1.35 bits per heavy atom. The Morgan fingerprint density at radius 2 is 2.15 bits per heavy atom. The van der Waals surface area contributed by atoms with Gasteiger partial charge in [-0.25, -0.2) is 9.78 Å². The Morgan fingerprint density at radius 3 is 2.75 bits per heavy atom. The third kappa shape index (κ3) is 3.89. The van der Waals surface area contributed by atoms with E-state index in [1.54, 1.807) is 18.3 Å². The molecule has 1 amide bonds. The van der Waals surface area contributed by atoms with Gasteiger partial charge in [-0.2, -0.15) is 5.10 Å². The number of anilines is 1. The van der Waals surface area contributed by atoms with Gasteiger partial charge in [-0.15, -0.1) is 0 Å². The monoisotopic (exact) mass is 338 g/mol. The number of carbonyl (C=O) groups excluding carboxylic acids is 1. The van der Waals surface area contributed by atoms with Crippen molar-refractivity contribution in [3.8, 4) is 0 Å². The number of hydrogen-bond acceptors (Lipinski definition) is 4. The first-order chi connectivity index (χ1) is 9.54. The molecule has 104 valence electrons. The fraction of sp³-hybridized carbons (Fsp3) is 0.167. The summed E-state index contributed by atoms with van der Waals surface area (Å²) in [6.07, 6.45) is 3.29. The van der Waals surface area contributed by atoms with Crippen LogP contribution in [-0.2, 0) is 11.3 Å². The molecule has 0 fully saturated rings. The van der Waals surface area contributed by atoms with Gasteiger partial charge in [-0.05, 0) is 34.1 Å². The summed E-state index contributed by atoms with van der Waals surface area (Å²) in [5.74, 6) is -0.843. The zero-order chi connectivity index (χ0) is 14.5. The largest absolute Gasteiger partial charge is 0.476 e. The van der Waals surface area contributed by atoms with Crippen molar-refractivity contribution in [2.24, 2.45) is 0 Å². The minimum atomic E-state index is -1.09. The molecule has 2 aromatic heterocycles. The van der Waals surface area contributed by atoms with Crippen LogP contribution < -0.4 is 5.32 Å². The average Bonchev–Trinajstić information content (AvgIpc) is 2.88. The third-order valence-electron chi connectivity index (χ3n) is 2.42. The second kappa shape index (κ2) is 6.29. The van der Waals surface area contributed by atoms with Gasteiger partial charge in [0.1, 0.15) is 5.82 Å². The molecule has 2 rings (SSSR count). The standard InChI is InChI=1S/C12H11BrN4O3/c13-8-1-2-10(14-7-8)15-11(18)4-6-17-5-3-9(16-17)12(19)20/h1-3,5,7H,4,6H2,(H,19,20)(H,14,15,18). The van der Waals surface area contributed by atoms with E-state index in [-0.39, 0.29) is 18.0 Å². The maximum absolute atomic E-state index is 11.7. The Hall–Kier alpha value is -2.22. The van der Waals surface area contributed by atoms with Gasteiger partial charge in [0.2, 0.25) is 5.91 Å². The van der Waals surface area contributed by atoms with Crippen LogP contribution in [0.15, 0.2) is 35.1 Å². The van der Waals surface area contributed by atoms with E-state index in [1.807, 2.05) is 0 Å². The number of nitrogens with one attached hydrogen (secondary N) is 1. The van der Waals surface area contributed by atoms with Gasteiger partial charge < -0.3 is 10.4 Å². The highest BCUT2D eigenvalue weighted by Crippen LogP contribution is 2.10. The number of carboxylic acids is 1. The van der Waals surface area contributed by atoms with E-state index in [9.17, 15) is 9.59 Å². The minimum absolute atomic E-state index is 0.0417. The second-order valence-corrected chi connectivity index (χ2v) is 4.84. The first-order valence-corrected chi connectivity index (χ1v) is 6.52. The average molecular weight is 339 g/mol. The number of carboxylic acid groups (broad SMARTS) is 1. The molecular formula is C12H11BrN4O3. The molecule has 2 N–H and O–H groups in total. The molecule has 0 aliphatic carbocycles. The van der Waals surface area contributed by atoms with E-state index >= 15 is 0 Å². The quantitative estimate of drug-likeness (QED) is 0.865. The molecule has 0 saturated carbocycles. The van der Waals surface area contributed by atoms with Crippen LogP contribution in [0.25, 0.3) is 0 Å². The van der Waals surface area contributed by atoms with Gasteiger partial charge in [0, 0.05) is 29.8 Å². The molecule has 7 nitrogen and oxygen atoms in total. The zero-order valence-electron chi connectivity index (χ0n) is 10.3. The number of nitrogens with zero attached hydrogens (tertiary/aromatic N) is 3. The van der Waals surface area contributed by atoms with E-state index in [1.165, 1.54) is 16.9 Å². The second-order valence-electron chi connectivity index (χ2n) is 3.93. The summed E-state index contributed by atoms with van der Waals surface area (Å²) in [6.45, 7) is 0.301.